The molecule has 4 nitrogen and oxygen atoms in total. The van der Waals surface area contributed by atoms with E-state index >= 15 is 0 Å². The van der Waals surface area contributed by atoms with Crippen LogP contribution >= 0.6 is 27.3 Å². The molecule has 0 fully saturated rings. The van der Waals surface area contributed by atoms with Crippen molar-refractivity contribution in [3.05, 3.63) is 44.8 Å². The van der Waals surface area contributed by atoms with E-state index in [4.69, 9.17) is 0 Å². The smallest absolute Gasteiger partial charge is 0.240 e. The molecule has 0 atom stereocenters. The number of hydrogen-bond donors (Lipinski definition) is 1. The zero-order valence-electron chi connectivity index (χ0n) is 9.55. The number of rotatable bonds is 4. The third kappa shape index (κ3) is 3.17. The Morgan fingerprint density at radius 1 is 1.44 bits per heavy atom. The molecule has 0 radical (unpaired) electrons. The summed E-state index contributed by atoms with van der Waals surface area (Å²) in [6.45, 7) is 2.12. The van der Waals surface area contributed by atoms with Crippen molar-refractivity contribution in [2.24, 2.45) is 0 Å². The zero-order valence-corrected chi connectivity index (χ0v) is 12.8. The molecule has 2 aromatic rings. The van der Waals surface area contributed by atoms with Crippen LogP contribution in [-0.4, -0.2) is 13.4 Å². The van der Waals surface area contributed by atoms with Crippen LogP contribution in [-0.2, 0) is 16.6 Å². The number of halogens is 1. The first kappa shape index (κ1) is 13.7. The number of thiazole rings is 1. The Morgan fingerprint density at radius 3 is 2.83 bits per heavy atom. The minimum Gasteiger partial charge on any atom is -0.253 e. The molecule has 96 valence electrons. The molecule has 0 unspecified atom stereocenters. The molecule has 0 aliphatic carbocycles. The van der Waals surface area contributed by atoms with Crippen molar-refractivity contribution in [3.8, 4) is 0 Å². The molecule has 0 aliphatic heterocycles. The zero-order chi connectivity index (χ0) is 13.2. The lowest BCUT2D eigenvalue weighted by molar-refractivity contribution is 0.581. The van der Waals surface area contributed by atoms with Gasteiger partial charge in [-0.15, -0.1) is 11.3 Å². The van der Waals surface area contributed by atoms with Crippen molar-refractivity contribution in [2.75, 3.05) is 0 Å². The molecule has 0 aliphatic rings. The van der Waals surface area contributed by atoms with E-state index in [1.54, 1.807) is 29.9 Å². The average molecular weight is 347 g/mol. The van der Waals surface area contributed by atoms with Crippen molar-refractivity contribution in [2.45, 2.75) is 18.4 Å². The lowest BCUT2D eigenvalue weighted by atomic mass is 10.2. The molecule has 1 heterocycles. The van der Waals surface area contributed by atoms with Crippen molar-refractivity contribution in [3.63, 3.8) is 0 Å². The fourth-order valence-electron chi connectivity index (χ4n) is 1.36. The third-order valence-electron chi connectivity index (χ3n) is 2.36. The van der Waals surface area contributed by atoms with E-state index in [1.165, 1.54) is 11.3 Å². The van der Waals surface area contributed by atoms with Crippen LogP contribution in [0.25, 0.3) is 0 Å². The van der Waals surface area contributed by atoms with Crippen LogP contribution in [0.4, 0.5) is 0 Å². The summed E-state index contributed by atoms with van der Waals surface area (Å²) in [5, 5.41) is 0. The molecule has 0 saturated carbocycles. The second-order valence-electron chi connectivity index (χ2n) is 3.70. The highest BCUT2D eigenvalue weighted by Crippen LogP contribution is 2.20. The van der Waals surface area contributed by atoms with Crippen LogP contribution in [0.3, 0.4) is 0 Å². The molecular weight excluding hydrogens is 336 g/mol. The summed E-state index contributed by atoms with van der Waals surface area (Å²) in [4.78, 5) is 5.05. The van der Waals surface area contributed by atoms with Gasteiger partial charge in [0.1, 0.15) is 0 Å². The highest BCUT2D eigenvalue weighted by molar-refractivity contribution is 9.10. The molecule has 18 heavy (non-hydrogen) atoms. The average Bonchev–Trinajstić information content (AvgIpc) is 2.83. The van der Waals surface area contributed by atoms with Crippen LogP contribution in [0.15, 0.2) is 39.3 Å². The van der Waals surface area contributed by atoms with Crippen LogP contribution in [0.2, 0.25) is 0 Å². The monoisotopic (exact) mass is 346 g/mol. The van der Waals surface area contributed by atoms with Gasteiger partial charge >= 0.3 is 0 Å². The number of benzene rings is 1. The van der Waals surface area contributed by atoms with Crippen LogP contribution in [0.1, 0.15) is 10.4 Å². The number of aryl methyl sites for hydroxylation is 1. The SMILES string of the molecule is Cc1cc(S(=O)(=O)NCc2cncs2)ccc1Br. The number of nitrogens with one attached hydrogen (secondary N) is 1. The fourth-order valence-corrected chi connectivity index (χ4v) is 3.33. The Balaban J connectivity index is 2.17. The maximum absolute atomic E-state index is 12.0. The Kier molecular flexibility index (Phi) is 4.16. The largest absolute Gasteiger partial charge is 0.253 e. The highest BCUT2D eigenvalue weighted by Gasteiger charge is 2.14. The Hall–Kier alpha value is -0.760. The van der Waals surface area contributed by atoms with E-state index in [-0.39, 0.29) is 11.4 Å². The maximum atomic E-state index is 12.0. The van der Waals surface area contributed by atoms with Gasteiger partial charge in [-0.25, -0.2) is 13.1 Å². The molecule has 0 bridgehead atoms. The van der Waals surface area contributed by atoms with Gasteiger partial charge in [0.2, 0.25) is 10.0 Å². The summed E-state index contributed by atoms with van der Waals surface area (Å²) < 4.78 is 27.5. The van der Waals surface area contributed by atoms with Gasteiger partial charge in [-0.05, 0) is 30.7 Å². The maximum Gasteiger partial charge on any atom is 0.240 e. The van der Waals surface area contributed by atoms with Crippen LogP contribution < -0.4 is 4.72 Å². The van der Waals surface area contributed by atoms with Gasteiger partial charge in [0, 0.05) is 22.1 Å². The van der Waals surface area contributed by atoms with E-state index in [9.17, 15) is 8.42 Å². The molecule has 0 amide bonds. The molecule has 2 rings (SSSR count). The summed E-state index contributed by atoms with van der Waals surface area (Å²) >= 11 is 4.76. The summed E-state index contributed by atoms with van der Waals surface area (Å²) in [5.41, 5.74) is 2.56. The van der Waals surface area contributed by atoms with E-state index < -0.39 is 10.0 Å². The second-order valence-corrected chi connectivity index (χ2v) is 7.30. The first-order chi connectivity index (χ1) is 8.49. The number of nitrogens with zero attached hydrogens (tertiary/aromatic N) is 1. The van der Waals surface area contributed by atoms with Crippen molar-refractivity contribution < 1.29 is 8.42 Å². The first-order valence-corrected chi connectivity index (χ1v) is 8.28. The second kappa shape index (κ2) is 5.48. The summed E-state index contributed by atoms with van der Waals surface area (Å²) in [7, 11) is -3.47. The minimum atomic E-state index is -3.47. The van der Waals surface area contributed by atoms with Gasteiger partial charge in [-0.2, -0.15) is 0 Å². The lowest BCUT2D eigenvalue weighted by Gasteiger charge is -2.07. The van der Waals surface area contributed by atoms with Crippen LogP contribution in [0.5, 0.6) is 0 Å². The Labute approximate surface area is 118 Å². The van der Waals surface area contributed by atoms with Gasteiger partial charge in [-0.3, -0.25) is 4.98 Å². The molecule has 1 N–H and O–H groups in total. The Bertz CT molecular complexity index is 639. The van der Waals surface area contributed by atoms with E-state index in [1.807, 2.05) is 6.92 Å². The van der Waals surface area contributed by atoms with Gasteiger partial charge in [0.25, 0.3) is 0 Å². The molecule has 0 spiro atoms. The van der Waals surface area contributed by atoms with Crippen molar-refractivity contribution in [1.29, 1.82) is 0 Å². The van der Waals surface area contributed by atoms with Crippen molar-refractivity contribution in [1.82, 2.24) is 9.71 Å². The summed E-state index contributed by atoms with van der Waals surface area (Å²) in [6.07, 6.45) is 1.65. The topological polar surface area (TPSA) is 59.1 Å². The number of sulfonamides is 1. The van der Waals surface area contributed by atoms with Crippen molar-refractivity contribution >= 4 is 37.3 Å². The number of hydrogen-bond acceptors (Lipinski definition) is 4. The fraction of sp³-hybridized carbons (Fsp3) is 0.182. The van der Waals surface area contributed by atoms with Gasteiger partial charge in [-0.1, -0.05) is 15.9 Å². The molecule has 7 heteroatoms. The normalized spacial score (nSPS) is 11.7. The third-order valence-corrected chi connectivity index (χ3v) is 5.43. The van der Waals surface area contributed by atoms with Gasteiger partial charge in [0.05, 0.1) is 10.4 Å². The molecule has 0 saturated heterocycles. The summed E-state index contributed by atoms with van der Waals surface area (Å²) in [5.74, 6) is 0. The molecular formula is C11H11BrN2O2S2. The molecule has 1 aromatic heterocycles. The van der Waals surface area contributed by atoms with E-state index in [2.05, 4.69) is 25.6 Å². The quantitative estimate of drug-likeness (QED) is 0.925. The Morgan fingerprint density at radius 2 is 2.22 bits per heavy atom. The minimum absolute atomic E-state index is 0.266. The van der Waals surface area contributed by atoms with E-state index in [0.29, 0.717) is 0 Å². The number of aromatic nitrogens is 1. The van der Waals surface area contributed by atoms with Gasteiger partial charge < -0.3 is 0 Å². The standard InChI is InChI=1S/C11H11BrN2O2S2/c1-8-4-10(2-3-11(8)12)18(15,16)14-6-9-5-13-7-17-9/h2-5,7,14H,6H2,1H3. The van der Waals surface area contributed by atoms with Crippen LogP contribution in [0, 0.1) is 6.92 Å². The predicted molar refractivity (Wildman–Crippen MR) is 75.0 cm³/mol. The first-order valence-electron chi connectivity index (χ1n) is 5.12. The predicted octanol–water partition coefficient (Wildman–Crippen LogP) is 2.69. The summed E-state index contributed by atoms with van der Waals surface area (Å²) in [6, 6.07) is 4.95. The lowest BCUT2D eigenvalue weighted by Crippen LogP contribution is -2.22. The van der Waals surface area contributed by atoms with Gasteiger partial charge in [0.15, 0.2) is 0 Å². The highest BCUT2D eigenvalue weighted by atomic mass is 79.9. The molecule has 1 aromatic carbocycles. The van der Waals surface area contributed by atoms with E-state index in [0.717, 1.165) is 14.9 Å².